The normalized spacial score (nSPS) is 14.2. The van der Waals surface area contributed by atoms with Crippen LogP contribution in [0.5, 0.6) is 0 Å². The first-order valence-corrected chi connectivity index (χ1v) is 24.8. The molecule has 0 aliphatic heterocycles. The molecule has 0 spiro atoms. The molecule has 1 unspecified atom stereocenters. The third-order valence-corrected chi connectivity index (χ3v) is 10.7. The van der Waals surface area contributed by atoms with Crippen molar-refractivity contribution in [2.45, 2.75) is 206 Å². The maximum Gasteiger partial charge on any atom is 0.472 e. The summed E-state index contributed by atoms with van der Waals surface area (Å²) in [6.07, 6.45) is 50.0. The van der Waals surface area contributed by atoms with E-state index < -0.39 is 51.1 Å². The number of carboxylic acid groups (broad SMARTS) is 1. The minimum Gasteiger partial charge on any atom is -0.480 e. The highest BCUT2D eigenvalue weighted by Crippen LogP contribution is 2.43. The number of hydrogen-bond acceptors (Lipinski definition) is 9. The molecule has 11 nitrogen and oxygen atoms in total. The summed E-state index contributed by atoms with van der Waals surface area (Å²) in [6, 6.07) is -1.53. The van der Waals surface area contributed by atoms with Gasteiger partial charge in [-0.05, 0) is 57.8 Å². The van der Waals surface area contributed by atoms with Crippen LogP contribution in [0.25, 0.3) is 0 Å². The lowest BCUT2D eigenvalue weighted by Crippen LogP contribution is -2.34. The van der Waals surface area contributed by atoms with Crippen molar-refractivity contribution in [3.63, 3.8) is 0 Å². The summed E-state index contributed by atoms with van der Waals surface area (Å²) in [6.45, 7) is 2.67. The second kappa shape index (κ2) is 42.9. The second-order valence-electron chi connectivity index (χ2n) is 15.5. The molecular formula is C48H84NO10P. The van der Waals surface area contributed by atoms with E-state index in [0.29, 0.717) is 12.8 Å². The number of aliphatic carboxylic acids is 1. The Balaban J connectivity index is 4.38. The van der Waals surface area contributed by atoms with Crippen LogP contribution in [0, 0.1) is 0 Å². The third kappa shape index (κ3) is 41.9. The van der Waals surface area contributed by atoms with E-state index in [1.165, 1.54) is 83.5 Å². The van der Waals surface area contributed by atoms with Gasteiger partial charge in [0.25, 0.3) is 0 Å². The van der Waals surface area contributed by atoms with Crippen LogP contribution in [0.2, 0.25) is 0 Å². The number of carboxylic acids is 1. The molecule has 0 rings (SSSR count). The van der Waals surface area contributed by atoms with Crippen molar-refractivity contribution >= 4 is 25.7 Å². The van der Waals surface area contributed by atoms with Crippen molar-refractivity contribution in [1.82, 2.24) is 0 Å². The minimum absolute atomic E-state index is 0.121. The molecule has 60 heavy (non-hydrogen) atoms. The van der Waals surface area contributed by atoms with Crippen LogP contribution >= 0.6 is 7.82 Å². The van der Waals surface area contributed by atoms with Crippen molar-refractivity contribution in [2.75, 3.05) is 19.8 Å². The molecule has 3 atom stereocenters. The highest BCUT2D eigenvalue weighted by molar-refractivity contribution is 7.47. The van der Waals surface area contributed by atoms with Gasteiger partial charge in [-0.3, -0.25) is 23.4 Å². The predicted octanol–water partition coefficient (Wildman–Crippen LogP) is 12.7. The highest BCUT2D eigenvalue weighted by Gasteiger charge is 2.28. The molecule has 0 aromatic heterocycles. The fraction of sp³-hybridized carbons (Fsp3) is 0.729. The fourth-order valence-corrected chi connectivity index (χ4v) is 6.93. The van der Waals surface area contributed by atoms with E-state index in [1.807, 2.05) is 0 Å². The molecule has 346 valence electrons. The first-order valence-electron chi connectivity index (χ1n) is 23.3. The van der Waals surface area contributed by atoms with Crippen molar-refractivity contribution in [1.29, 1.82) is 0 Å². The zero-order chi connectivity index (χ0) is 44.2. The number of phosphoric ester groups is 1. The molecule has 0 fully saturated rings. The van der Waals surface area contributed by atoms with Crippen LogP contribution in [0.1, 0.15) is 194 Å². The third-order valence-electron chi connectivity index (χ3n) is 9.78. The molecule has 4 N–H and O–H groups in total. The quantitative estimate of drug-likeness (QED) is 0.0230. The Morgan fingerprint density at radius 2 is 0.933 bits per heavy atom. The van der Waals surface area contributed by atoms with Gasteiger partial charge in [0, 0.05) is 12.8 Å². The molecule has 0 aromatic rings. The van der Waals surface area contributed by atoms with E-state index >= 15 is 0 Å². The van der Waals surface area contributed by atoms with Crippen LogP contribution in [-0.4, -0.2) is 59.9 Å². The van der Waals surface area contributed by atoms with Gasteiger partial charge in [0.05, 0.1) is 13.2 Å². The van der Waals surface area contributed by atoms with E-state index in [-0.39, 0.29) is 19.4 Å². The van der Waals surface area contributed by atoms with Gasteiger partial charge in [0.2, 0.25) is 0 Å². The van der Waals surface area contributed by atoms with Crippen molar-refractivity contribution in [3.8, 4) is 0 Å². The topological polar surface area (TPSA) is 172 Å². The first kappa shape index (κ1) is 57.2. The van der Waals surface area contributed by atoms with Gasteiger partial charge in [-0.1, -0.05) is 184 Å². The van der Waals surface area contributed by atoms with E-state index in [0.717, 1.165) is 70.6 Å². The van der Waals surface area contributed by atoms with Gasteiger partial charge >= 0.3 is 25.7 Å². The summed E-state index contributed by atoms with van der Waals surface area (Å²) >= 11 is 0. The molecule has 0 aromatic carbocycles. The van der Waals surface area contributed by atoms with E-state index in [1.54, 1.807) is 0 Å². The Labute approximate surface area is 364 Å². The summed E-state index contributed by atoms with van der Waals surface area (Å²) in [5, 5.41) is 8.90. The van der Waals surface area contributed by atoms with Crippen molar-refractivity contribution < 1.29 is 47.5 Å². The number of unbranched alkanes of at least 4 members (excludes halogenated alkanes) is 19. The number of nitrogens with two attached hydrogens (primary N) is 1. The van der Waals surface area contributed by atoms with Gasteiger partial charge < -0.3 is 25.2 Å². The lowest BCUT2D eigenvalue weighted by molar-refractivity contribution is -0.161. The maximum atomic E-state index is 12.6. The van der Waals surface area contributed by atoms with E-state index in [4.69, 9.17) is 24.8 Å². The van der Waals surface area contributed by atoms with E-state index in [9.17, 15) is 23.8 Å². The zero-order valence-electron chi connectivity index (χ0n) is 37.5. The molecule has 0 saturated heterocycles. The average molecular weight is 866 g/mol. The van der Waals surface area contributed by atoms with Gasteiger partial charge in [-0.25, -0.2) is 4.57 Å². The summed E-state index contributed by atoms with van der Waals surface area (Å²) in [5.74, 6) is -2.42. The summed E-state index contributed by atoms with van der Waals surface area (Å²) in [4.78, 5) is 46.1. The Kier molecular flexibility index (Phi) is 40.8. The molecule has 0 radical (unpaired) electrons. The molecule has 0 saturated carbocycles. The lowest BCUT2D eigenvalue weighted by Gasteiger charge is -2.20. The van der Waals surface area contributed by atoms with Crippen LogP contribution in [0.15, 0.2) is 60.8 Å². The number of ether oxygens (including phenoxy) is 2. The average Bonchev–Trinajstić information content (AvgIpc) is 3.22. The largest absolute Gasteiger partial charge is 0.480 e. The smallest absolute Gasteiger partial charge is 0.472 e. The number of rotatable bonds is 43. The van der Waals surface area contributed by atoms with Crippen LogP contribution in [0.3, 0.4) is 0 Å². The summed E-state index contributed by atoms with van der Waals surface area (Å²) in [7, 11) is -4.73. The molecular weight excluding hydrogens is 781 g/mol. The Morgan fingerprint density at radius 3 is 1.40 bits per heavy atom. The maximum absolute atomic E-state index is 12.6. The molecule has 0 aliphatic carbocycles. The summed E-state index contributed by atoms with van der Waals surface area (Å²) in [5.41, 5.74) is 5.34. The SMILES string of the molecule is CC/C=C\C/C=C\C/C=C\C/C=C\C/C=C\CCCCCC(=O)O[C@H](COC(=O)CCCCCCCCCCCCCCCCCCC)COP(=O)(O)OC[C@H](N)C(=O)O. The van der Waals surface area contributed by atoms with Gasteiger partial charge in [-0.2, -0.15) is 0 Å². The first-order chi connectivity index (χ1) is 29.1. The number of carbonyl (C=O) groups is 3. The van der Waals surface area contributed by atoms with Crippen LogP contribution in [0.4, 0.5) is 0 Å². The second-order valence-corrected chi connectivity index (χ2v) is 17.0. The van der Waals surface area contributed by atoms with Crippen LogP contribution in [-0.2, 0) is 37.5 Å². The molecule has 12 heteroatoms. The Morgan fingerprint density at radius 1 is 0.533 bits per heavy atom. The number of allylic oxidation sites excluding steroid dienone is 10. The van der Waals surface area contributed by atoms with Crippen LogP contribution < -0.4 is 5.73 Å². The Bertz CT molecular complexity index is 1250. The van der Waals surface area contributed by atoms with E-state index in [2.05, 4.69) is 79.1 Å². The molecule has 0 aliphatic rings. The highest BCUT2D eigenvalue weighted by atomic mass is 31.2. The fourth-order valence-electron chi connectivity index (χ4n) is 6.15. The number of hydrogen-bond donors (Lipinski definition) is 3. The van der Waals surface area contributed by atoms with Gasteiger partial charge in [0.15, 0.2) is 6.10 Å². The van der Waals surface area contributed by atoms with Gasteiger partial charge in [-0.15, -0.1) is 0 Å². The summed E-state index contributed by atoms with van der Waals surface area (Å²) < 4.78 is 32.7. The molecule has 0 heterocycles. The minimum atomic E-state index is -4.73. The zero-order valence-corrected chi connectivity index (χ0v) is 38.4. The predicted molar refractivity (Wildman–Crippen MR) is 245 cm³/mol. The van der Waals surface area contributed by atoms with Gasteiger partial charge in [0.1, 0.15) is 12.6 Å². The number of carbonyl (C=O) groups excluding carboxylic acids is 2. The lowest BCUT2D eigenvalue weighted by atomic mass is 10.0. The van der Waals surface area contributed by atoms with Crippen molar-refractivity contribution in [3.05, 3.63) is 60.8 Å². The molecule has 0 amide bonds. The van der Waals surface area contributed by atoms with Crippen molar-refractivity contribution in [2.24, 2.45) is 5.73 Å². The monoisotopic (exact) mass is 866 g/mol. The molecule has 0 bridgehead atoms. The number of esters is 2. The standard InChI is InChI=1S/C48H84NO10P/c1-3-5-7-9-11-13-15-17-19-21-22-24-26-28-30-32-34-36-38-40-47(51)59-44(42-57-60(54,55)58-43-45(49)48(52)53)41-56-46(50)39-37-35-33-31-29-27-25-23-20-18-16-14-12-10-8-6-4-2/h5,7,11,13,17,19,22,24,28,30,44-45H,3-4,6,8-10,12,14-16,18,20-21,23,25-27,29,31-43,49H2,1-2H3,(H,52,53)(H,54,55)/b7-5-,13-11-,19-17-,24-22-,30-28-/t44-,45+/m1/s1. The number of phosphoric acid groups is 1. The Hall–Kier alpha value is -2.82.